The lowest BCUT2D eigenvalue weighted by molar-refractivity contribution is 0.460. The zero-order valence-electron chi connectivity index (χ0n) is 7.46. The molecule has 1 saturated carbocycles. The molecule has 1 aliphatic carbocycles. The van der Waals surface area contributed by atoms with Crippen LogP contribution in [0.2, 0.25) is 0 Å². The molecule has 0 aromatic rings. The van der Waals surface area contributed by atoms with Gasteiger partial charge in [0.15, 0.2) is 0 Å². The van der Waals surface area contributed by atoms with Crippen LogP contribution >= 0.6 is 0 Å². The van der Waals surface area contributed by atoms with Gasteiger partial charge in [-0.3, -0.25) is 4.21 Å². The van der Waals surface area contributed by atoms with E-state index in [-0.39, 0.29) is 0 Å². The Morgan fingerprint density at radius 2 is 2.09 bits per heavy atom. The van der Waals surface area contributed by atoms with Crippen molar-refractivity contribution in [1.29, 1.82) is 0 Å². The Morgan fingerprint density at radius 3 is 2.36 bits per heavy atom. The second-order valence-corrected chi connectivity index (χ2v) is 4.97. The van der Waals surface area contributed by atoms with Gasteiger partial charge in [-0.05, 0) is 25.8 Å². The van der Waals surface area contributed by atoms with Crippen LogP contribution < -0.4 is 5.32 Å². The van der Waals surface area contributed by atoms with E-state index in [4.69, 9.17) is 0 Å². The summed E-state index contributed by atoms with van der Waals surface area (Å²) < 4.78 is 11.2. The molecule has 11 heavy (non-hydrogen) atoms. The summed E-state index contributed by atoms with van der Waals surface area (Å²) >= 11 is 0. The van der Waals surface area contributed by atoms with E-state index in [1.54, 1.807) is 0 Å². The van der Waals surface area contributed by atoms with Crippen LogP contribution in [-0.4, -0.2) is 28.8 Å². The van der Waals surface area contributed by atoms with E-state index < -0.39 is 10.8 Å². The minimum Gasteiger partial charge on any atom is -0.317 e. The second-order valence-electron chi connectivity index (χ2n) is 3.37. The molecule has 0 aromatic heterocycles. The summed E-state index contributed by atoms with van der Waals surface area (Å²) in [5.41, 5.74) is 0. The van der Waals surface area contributed by atoms with Gasteiger partial charge in [0, 0.05) is 28.3 Å². The molecule has 0 amide bonds. The Hall–Kier alpha value is 0.110. The van der Waals surface area contributed by atoms with Gasteiger partial charge in [0.25, 0.3) is 0 Å². The van der Waals surface area contributed by atoms with Crippen LogP contribution in [0.3, 0.4) is 0 Å². The minimum atomic E-state index is -0.633. The molecule has 2 nitrogen and oxygen atoms in total. The summed E-state index contributed by atoms with van der Waals surface area (Å²) in [6, 6.07) is 0.587. The molecule has 1 fully saturated rings. The van der Waals surface area contributed by atoms with Crippen LogP contribution in [0.25, 0.3) is 0 Å². The van der Waals surface area contributed by atoms with Crippen LogP contribution in [0.5, 0.6) is 0 Å². The number of nitrogens with one attached hydrogen (secondary N) is 1. The molecule has 0 spiro atoms. The lowest BCUT2D eigenvalue weighted by Gasteiger charge is -2.17. The zero-order valence-corrected chi connectivity index (χ0v) is 8.28. The average Bonchev–Trinajstić information content (AvgIpc) is 2.30. The predicted molar refractivity (Wildman–Crippen MR) is 49.1 cm³/mol. The van der Waals surface area contributed by atoms with Gasteiger partial charge in [0.1, 0.15) is 0 Å². The highest BCUT2D eigenvalue weighted by atomic mass is 32.2. The van der Waals surface area contributed by atoms with Crippen LogP contribution in [0, 0.1) is 5.92 Å². The van der Waals surface area contributed by atoms with Gasteiger partial charge in [-0.1, -0.05) is 6.92 Å². The lowest BCUT2D eigenvalue weighted by Crippen LogP contribution is -2.32. The SMILES string of the molecule is CNC1CCC(S(C)=O)C1C. The third-order valence-electron chi connectivity index (χ3n) is 2.78. The van der Waals surface area contributed by atoms with Crippen molar-refractivity contribution in [3.8, 4) is 0 Å². The largest absolute Gasteiger partial charge is 0.317 e. The number of hydrogen-bond acceptors (Lipinski definition) is 2. The molecule has 66 valence electrons. The maximum atomic E-state index is 11.2. The average molecular weight is 175 g/mol. The van der Waals surface area contributed by atoms with Crippen LogP contribution in [0.15, 0.2) is 0 Å². The van der Waals surface area contributed by atoms with Crippen LogP contribution in [-0.2, 0) is 10.8 Å². The molecule has 1 aliphatic rings. The summed E-state index contributed by atoms with van der Waals surface area (Å²) in [5, 5.41) is 3.69. The highest BCUT2D eigenvalue weighted by Crippen LogP contribution is 2.28. The predicted octanol–water partition coefficient (Wildman–Crippen LogP) is 0.751. The van der Waals surface area contributed by atoms with Gasteiger partial charge in [-0.2, -0.15) is 0 Å². The first-order valence-electron chi connectivity index (χ1n) is 4.16. The van der Waals surface area contributed by atoms with E-state index in [1.807, 2.05) is 13.3 Å². The zero-order chi connectivity index (χ0) is 8.43. The normalized spacial score (nSPS) is 40.8. The van der Waals surface area contributed by atoms with E-state index in [0.717, 1.165) is 6.42 Å². The molecule has 1 rings (SSSR count). The monoisotopic (exact) mass is 175 g/mol. The van der Waals surface area contributed by atoms with Gasteiger partial charge >= 0.3 is 0 Å². The maximum Gasteiger partial charge on any atom is 0.0386 e. The van der Waals surface area contributed by atoms with Crippen LogP contribution in [0.1, 0.15) is 19.8 Å². The molecule has 4 atom stereocenters. The van der Waals surface area contributed by atoms with Gasteiger partial charge in [0.05, 0.1) is 0 Å². The Balaban J connectivity index is 2.55. The van der Waals surface area contributed by atoms with E-state index in [0.29, 0.717) is 17.2 Å². The van der Waals surface area contributed by atoms with Crippen molar-refractivity contribution in [3.05, 3.63) is 0 Å². The Kier molecular flexibility index (Phi) is 3.07. The first-order chi connectivity index (χ1) is 5.16. The first kappa shape index (κ1) is 9.20. The van der Waals surface area contributed by atoms with Crippen molar-refractivity contribution in [2.24, 2.45) is 5.92 Å². The molecular weight excluding hydrogens is 158 g/mol. The topological polar surface area (TPSA) is 29.1 Å². The fourth-order valence-corrected chi connectivity index (χ4v) is 3.27. The standard InChI is InChI=1S/C8H17NOS/c1-6-7(9-2)4-5-8(6)11(3)10/h6-9H,4-5H2,1-3H3. The fourth-order valence-electron chi connectivity index (χ4n) is 2.00. The molecule has 3 heteroatoms. The summed E-state index contributed by atoms with van der Waals surface area (Å²) in [7, 11) is 1.35. The summed E-state index contributed by atoms with van der Waals surface area (Å²) in [6.07, 6.45) is 4.12. The van der Waals surface area contributed by atoms with Crippen molar-refractivity contribution in [2.75, 3.05) is 13.3 Å². The van der Waals surface area contributed by atoms with E-state index in [1.165, 1.54) is 6.42 Å². The van der Waals surface area contributed by atoms with Crippen molar-refractivity contribution < 1.29 is 4.21 Å². The van der Waals surface area contributed by atoms with Crippen molar-refractivity contribution in [3.63, 3.8) is 0 Å². The number of hydrogen-bond donors (Lipinski definition) is 1. The summed E-state index contributed by atoms with van der Waals surface area (Å²) in [6.45, 7) is 2.19. The van der Waals surface area contributed by atoms with Crippen molar-refractivity contribution in [2.45, 2.75) is 31.1 Å². The molecule has 0 aromatic carbocycles. The Morgan fingerprint density at radius 1 is 1.45 bits per heavy atom. The van der Waals surface area contributed by atoms with Gasteiger partial charge < -0.3 is 5.32 Å². The van der Waals surface area contributed by atoms with Gasteiger partial charge in [-0.15, -0.1) is 0 Å². The summed E-state index contributed by atoms with van der Waals surface area (Å²) in [4.78, 5) is 0. The highest BCUT2D eigenvalue weighted by molar-refractivity contribution is 7.84. The molecule has 1 N–H and O–H groups in total. The molecule has 0 aliphatic heterocycles. The third-order valence-corrected chi connectivity index (χ3v) is 4.30. The van der Waals surface area contributed by atoms with Gasteiger partial charge in [0.2, 0.25) is 0 Å². The molecule has 0 saturated heterocycles. The molecule has 0 heterocycles. The lowest BCUT2D eigenvalue weighted by atomic mass is 10.1. The first-order valence-corrected chi connectivity index (χ1v) is 5.78. The van der Waals surface area contributed by atoms with Crippen molar-refractivity contribution in [1.82, 2.24) is 5.32 Å². The summed E-state index contributed by atoms with van der Waals surface area (Å²) in [5.74, 6) is 0.575. The number of rotatable bonds is 2. The third kappa shape index (κ3) is 1.82. The fraction of sp³-hybridized carbons (Fsp3) is 1.00. The quantitative estimate of drug-likeness (QED) is 0.671. The molecular formula is C8H17NOS. The van der Waals surface area contributed by atoms with Gasteiger partial charge in [-0.25, -0.2) is 0 Å². The molecule has 0 bridgehead atoms. The smallest absolute Gasteiger partial charge is 0.0386 e. The highest BCUT2D eigenvalue weighted by Gasteiger charge is 2.33. The second kappa shape index (κ2) is 3.68. The minimum absolute atomic E-state index is 0.424. The van der Waals surface area contributed by atoms with Crippen LogP contribution in [0.4, 0.5) is 0 Å². The van der Waals surface area contributed by atoms with E-state index in [9.17, 15) is 4.21 Å². The van der Waals surface area contributed by atoms with Crippen molar-refractivity contribution >= 4 is 10.8 Å². The van der Waals surface area contributed by atoms with E-state index in [2.05, 4.69) is 12.2 Å². The molecule has 4 unspecified atom stereocenters. The molecule has 0 radical (unpaired) electrons. The Bertz CT molecular complexity index is 160. The Labute approximate surface area is 71.2 Å². The maximum absolute atomic E-state index is 11.2. The van der Waals surface area contributed by atoms with E-state index >= 15 is 0 Å².